The molecule has 0 saturated heterocycles. The molecule has 0 radical (unpaired) electrons. The highest BCUT2D eigenvalue weighted by atomic mass is 32.1. The monoisotopic (exact) mass is 240 g/mol. The van der Waals surface area contributed by atoms with Crippen molar-refractivity contribution in [3.05, 3.63) is 28.0 Å². The highest BCUT2D eigenvalue weighted by Gasteiger charge is 2.07. The van der Waals surface area contributed by atoms with Crippen molar-refractivity contribution < 1.29 is 4.74 Å². The third kappa shape index (κ3) is 4.95. The van der Waals surface area contributed by atoms with Gasteiger partial charge in [-0.15, -0.1) is 11.3 Å². The molecule has 0 amide bonds. The smallest absolute Gasteiger partial charge is 0.0653 e. The average molecular weight is 240 g/mol. The van der Waals surface area contributed by atoms with Crippen molar-refractivity contribution >= 4 is 16.9 Å². The second-order valence-corrected chi connectivity index (χ2v) is 4.25. The van der Waals surface area contributed by atoms with Gasteiger partial charge < -0.3 is 4.74 Å². The van der Waals surface area contributed by atoms with Crippen LogP contribution in [0, 0.1) is 6.92 Å². The molecule has 0 aromatic carbocycles. The van der Waals surface area contributed by atoms with Crippen LogP contribution in [0.25, 0.3) is 5.57 Å². The van der Waals surface area contributed by atoms with Gasteiger partial charge in [-0.1, -0.05) is 33.8 Å². The number of ether oxygens (including phenoxy) is 1. The second-order valence-electron chi connectivity index (χ2n) is 2.96. The molecule has 0 spiro atoms. The second kappa shape index (κ2) is 9.61. The Balaban J connectivity index is 0.000000509. The molecule has 0 saturated carbocycles. The fourth-order valence-corrected chi connectivity index (χ4v) is 2.29. The van der Waals surface area contributed by atoms with Gasteiger partial charge in [-0.3, -0.25) is 0 Å². The number of aryl methyl sites for hydroxylation is 1. The van der Waals surface area contributed by atoms with Gasteiger partial charge in [0.05, 0.1) is 13.2 Å². The predicted molar refractivity (Wildman–Crippen MR) is 75.2 cm³/mol. The third-order valence-corrected chi connectivity index (χ3v) is 3.10. The fourth-order valence-electron chi connectivity index (χ4n) is 1.36. The first-order valence-electron chi connectivity index (χ1n) is 6.20. The Morgan fingerprint density at radius 3 is 2.25 bits per heavy atom. The Morgan fingerprint density at radius 1 is 1.12 bits per heavy atom. The average Bonchev–Trinajstić information content (AvgIpc) is 2.82. The van der Waals surface area contributed by atoms with Gasteiger partial charge in [0.25, 0.3) is 0 Å². The Labute approximate surface area is 104 Å². The van der Waals surface area contributed by atoms with E-state index in [-0.39, 0.29) is 0 Å². The minimum atomic E-state index is 0.784. The zero-order chi connectivity index (χ0) is 12.4. The van der Waals surface area contributed by atoms with E-state index >= 15 is 0 Å². The van der Waals surface area contributed by atoms with Gasteiger partial charge in [0.1, 0.15) is 0 Å². The first-order valence-corrected chi connectivity index (χ1v) is 7.01. The van der Waals surface area contributed by atoms with Crippen molar-refractivity contribution in [2.75, 3.05) is 13.2 Å². The molecule has 1 aliphatic heterocycles. The van der Waals surface area contributed by atoms with Crippen LogP contribution in [-0.2, 0) is 4.74 Å². The molecule has 1 aromatic heterocycles. The summed E-state index contributed by atoms with van der Waals surface area (Å²) >= 11 is 1.87. The van der Waals surface area contributed by atoms with Crippen molar-refractivity contribution in [2.24, 2.45) is 0 Å². The summed E-state index contributed by atoms with van der Waals surface area (Å²) in [5.41, 5.74) is 1.46. The highest BCUT2D eigenvalue weighted by Crippen LogP contribution is 2.27. The van der Waals surface area contributed by atoms with Crippen LogP contribution in [0.4, 0.5) is 0 Å². The molecule has 2 heteroatoms. The summed E-state index contributed by atoms with van der Waals surface area (Å²) in [6, 6.07) is 4.38. The molecule has 0 atom stereocenters. The summed E-state index contributed by atoms with van der Waals surface area (Å²) in [6.07, 6.45) is 3.26. The topological polar surface area (TPSA) is 9.23 Å². The van der Waals surface area contributed by atoms with Gasteiger partial charge >= 0.3 is 0 Å². The first-order chi connectivity index (χ1) is 7.86. The van der Waals surface area contributed by atoms with Crippen LogP contribution in [0.3, 0.4) is 0 Å². The predicted octanol–water partition coefficient (Wildman–Crippen LogP) is 4.91. The molecule has 0 unspecified atom stereocenters. The molecule has 0 aliphatic carbocycles. The molecule has 1 nitrogen and oxygen atoms in total. The highest BCUT2D eigenvalue weighted by molar-refractivity contribution is 7.13. The molecule has 0 N–H and O–H groups in total. The van der Waals surface area contributed by atoms with Crippen LogP contribution in [-0.4, -0.2) is 13.2 Å². The van der Waals surface area contributed by atoms with Crippen molar-refractivity contribution in [1.29, 1.82) is 0 Å². The van der Waals surface area contributed by atoms with E-state index in [0.717, 1.165) is 19.6 Å². The van der Waals surface area contributed by atoms with E-state index in [0.29, 0.717) is 0 Å². The SMILES string of the molecule is CC.CC.Cc1ccc(C2=CCOCC2)s1. The third-order valence-electron chi connectivity index (χ3n) is 2.02. The van der Waals surface area contributed by atoms with Crippen molar-refractivity contribution in [3.63, 3.8) is 0 Å². The van der Waals surface area contributed by atoms with Gasteiger partial charge in [-0.05, 0) is 31.1 Å². The lowest BCUT2D eigenvalue weighted by atomic mass is 10.1. The fraction of sp³-hybridized carbons (Fsp3) is 0.571. The molecular weight excluding hydrogens is 216 g/mol. The van der Waals surface area contributed by atoms with Gasteiger partial charge in [-0.25, -0.2) is 0 Å². The van der Waals surface area contributed by atoms with Gasteiger partial charge in [0.2, 0.25) is 0 Å². The van der Waals surface area contributed by atoms with E-state index in [9.17, 15) is 0 Å². The van der Waals surface area contributed by atoms with Crippen LogP contribution in [0.1, 0.15) is 43.9 Å². The minimum absolute atomic E-state index is 0.784. The van der Waals surface area contributed by atoms with E-state index in [1.54, 1.807) is 0 Å². The van der Waals surface area contributed by atoms with Crippen LogP contribution in [0.5, 0.6) is 0 Å². The van der Waals surface area contributed by atoms with E-state index in [1.807, 2.05) is 39.0 Å². The molecule has 2 heterocycles. The number of thiophene rings is 1. The minimum Gasteiger partial charge on any atom is -0.377 e. The summed E-state index contributed by atoms with van der Waals surface area (Å²) in [5, 5.41) is 0. The van der Waals surface area contributed by atoms with Crippen LogP contribution >= 0.6 is 11.3 Å². The molecular formula is C14H24OS. The maximum atomic E-state index is 5.26. The summed E-state index contributed by atoms with van der Waals surface area (Å²) in [7, 11) is 0. The lowest BCUT2D eigenvalue weighted by molar-refractivity contribution is 0.161. The Kier molecular flexibility index (Phi) is 9.25. The van der Waals surface area contributed by atoms with E-state index < -0.39 is 0 Å². The summed E-state index contributed by atoms with van der Waals surface area (Å²) in [6.45, 7) is 11.8. The number of hydrogen-bond donors (Lipinski definition) is 0. The maximum absolute atomic E-state index is 5.26. The Bertz CT molecular complexity index is 299. The molecule has 2 rings (SSSR count). The summed E-state index contributed by atoms with van der Waals surface area (Å²) in [5.74, 6) is 0. The van der Waals surface area contributed by atoms with E-state index in [2.05, 4.69) is 25.1 Å². The molecule has 1 aromatic rings. The van der Waals surface area contributed by atoms with Gasteiger partial charge in [0, 0.05) is 9.75 Å². The standard InChI is InChI=1S/C10H12OS.2C2H6/c1-8-2-3-10(12-8)9-4-6-11-7-5-9;2*1-2/h2-4H,5-7H2,1H3;2*1-2H3. The lowest BCUT2D eigenvalue weighted by Gasteiger charge is -2.11. The van der Waals surface area contributed by atoms with E-state index in [1.165, 1.54) is 15.3 Å². The zero-order valence-corrected chi connectivity index (χ0v) is 12.0. The van der Waals surface area contributed by atoms with Crippen molar-refractivity contribution in [1.82, 2.24) is 0 Å². The normalized spacial score (nSPS) is 13.9. The molecule has 16 heavy (non-hydrogen) atoms. The van der Waals surface area contributed by atoms with Gasteiger partial charge in [-0.2, -0.15) is 0 Å². The molecule has 0 bridgehead atoms. The van der Waals surface area contributed by atoms with E-state index in [4.69, 9.17) is 4.74 Å². The number of rotatable bonds is 1. The largest absolute Gasteiger partial charge is 0.377 e. The summed E-state index contributed by atoms with van der Waals surface area (Å²) < 4.78 is 5.26. The Morgan fingerprint density at radius 2 is 1.81 bits per heavy atom. The first kappa shape index (κ1) is 15.4. The molecule has 0 fully saturated rings. The van der Waals surface area contributed by atoms with Crippen LogP contribution in [0.15, 0.2) is 18.2 Å². The van der Waals surface area contributed by atoms with Crippen molar-refractivity contribution in [2.45, 2.75) is 41.0 Å². The van der Waals surface area contributed by atoms with Crippen LogP contribution in [0.2, 0.25) is 0 Å². The summed E-state index contributed by atoms with van der Waals surface area (Å²) in [4.78, 5) is 2.80. The molecule has 92 valence electrons. The number of hydrogen-bond acceptors (Lipinski definition) is 2. The van der Waals surface area contributed by atoms with Crippen LogP contribution < -0.4 is 0 Å². The molecule has 1 aliphatic rings. The van der Waals surface area contributed by atoms with Crippen molar-refractivity contribution in [3.8, 4) is 0 Å². The zero-order valence-electron chi connectivity index (χ0n) is 11.2. The quantitative estimate of drug-likeness (QED) is 0.677. The Hall–Kier alpha value is -0.600. The lowest BCUT2D eigenvalue weighted by Crippen LogP contribution is -2.02. The maximum Gasteiger partial charge on any atom is 0.0653 e. The van der Waals surface area contributed by atoms with Gasteiger partial charge in [0.15, 0.2) is 0 Å².